The van der Waals surface area contributed by atoms with Crippen molar-refractivity contribution in [3.05, 3.63) is 58.1 Å². The molecule has 2 aromatic rings. The maximum absolute atomic E-state index is 10.7. The van der Waals surface area contributed by atoms with Crippen molar-refractivity contribution < 1.29 is 14.6 Å². The zero-order valence-electron chi connectivity index (χ0n) is 9.02. The van der Waals surface area contributed by atoms with Crippen molar-refractivity contribution in [2.75, 3.05) is 0 Å². The largest absolute Gasteiger partial charge is 0.545 e. The first-order valence-electron chi connectivity index (χ1n) is 5.00. The van der Waals surface area contributed by atoms with Crippen molar-refractivity contribution in [2.45, 2.75) is 0 Å². The Hall–Kier alpha value is -1.71. The highest BCUT2D eigenvalue weighted by Gasteiger charge is 2.02. The Bertz CT molecular complexity index is 576. The van der Waals surface area contributed by atoms with Gasteiger partial charge in [0.15, 0.2) is 0 Å². The molecule has 0 aliphatic rings. The molecule has 0 aromatic heterocycles. The summed E-state index contributed by atoms with van der Waals surface area (Å²) in [4.78, 5) is 10.7. The van der Waals surface area contributed by atoms with Gasteiger partial charge in [0, 0.05) is 15.6 Å². The number of carboxylic acids is 1. The van der Waals surface area contributed by atoms with Gasteiger partial charge in [-0.05, 0) is 30.3 Å². The van der Waals surface area contributed by atoms with E-state index in [-0.39, 0.29) is 5.56 Å². The predicted molar refractivity (Wildman–Crippen MR) is 67.3 cm³/mol. The van der Waals surface area contributed by atoms with Crippen LogP contribution in [0.4, 0.5) is 0 Å². The van der Waals surface area contributed by atoms with Crippen molar-refractivity contribution in [2.24, 2.45) is 0 Å². The maximum Gasteiger partial charge on any atom is 0.130 e. The number of carbonyl (C=O) groups is 1. The summed E-state index contributed by atoms with van der Waals surface area (Å²) in [5.41, 5.74) is 0.0422. The van der Waals surface area contributed by atoms with Gasteiger partial charge in [0.05, 0.1) is 5.97 Å². The topological polar surface area (TPSA) is 49.4 Å². The molecule has 0 saturated carbocycles. The molecule has 2 rings (SSSR count). The van der Waals surface area contributed by atoms with Crippen molar-refractivity contribution in [3.8, 4) is 11.5 Å². The zero-order valence-corrected chi connectivity index (χ0v) is 10.5. The number of hydrogen-bond acceptors (Lipinski definition) is 3. The summed E-state index contributed by atoms with van der Waals surface area (Å²) in [5, 5.41) is 11.6. The Morgan fingerprint density at radius 2 is 1.67 bits per heavy atom. The van der Waals surface area contributed by atoms with E-state index < -0.39 is 5.97 Å². The molecule has 0 saturated heterocycles. The van der Waals surface area contributed by atoms with Crippen molar-refractivity contribution in [3.63, 3.8) is 0 Å². The molecular weight excluding hydrogens is 275 g/mol. The molecule has 18 heavy (non-hydrogen) atoms. The Morgan fingerprint density at radius 1 is 1.00 bits per heavy atom. The minimum absolute atomic E-state index is 0.0422. The van der Waals surface area contributed by atoms with Crippen LogP contribution >= 0.6 is 23.2 Å². The number of hydrogen-bond donors (Lipinski definition) is 0. The number of aromatic carboxylic acids is 1. The fourth-order valence-electron chi connectivity index (χ4n) is 1.41. The second kappa shape index (κ2) is 5.29. The highest BCUT2D eigenvalue weighted by atomic mass is 35.5. The van der Waals surface area contributed by atoms with Crippen molar-refractivity contribution in [1.29, 1.82) is 0 Å². The molecule has 3 nitrogen and oxygen atoms in total. The summed E-state index contributed by atoms with van der Waals surface area (Å²) in [6, 6.07) is 10.7. The Kier molecular flexibility index (Phi) is 3.75. The average molecular weight is 282 g/mol. The summed E-state index contributed by atoms with van der Waals surface area (Å²) >= 11 is 11.7. The van der Waals surface area contributed by atoms with Crippen LogP contribution < -0.4 is 9.84 Å². The van der Waals surface area contributed by atoms with Crippen LogP contribution in [0.25, 0.3) is 0 Å². The lowest BCUT2D eigenvalue weighted by Crippen LogP contribution is -2.21. The Morgan fingerprint density at radius 3 is 2.28 bits per heavy atom. The molecular formula is C13H7Cl2O3-. The van der Waals surface area contributed by atoms with Gasteiger partial charge >= 0.3 is 0 Å². The number of halogens is 2. The molecule has 5 heteroatoms. The molecule has 92 valence electrons. The lowest BCUT2D eigenvalue weighted by molar-refractivity contribution is -0.255. The SMILES string of the molecule is O=C([O-])c1cccc(Oc2cc(Cl)cc(Cl)c2)c1. The fraction of sp³-hybridized carbons (Fsp3) is 0. The second-order valence-electron chi connectivity index (χ2n) is 3.52. The molecule has 2 aromatic carbocycles. The summed E-state index contributed by atoms with van der Waals surface area (Å²) in [7, 11) is 0. The van der Waals surface area contributed by atoms with Gasteiger partial charge in [-0.1, -0.05) is 35.3 Å². The first-order valence-corrected chi connectivity index (χ1v) is 5.75. The van der Waals surface area contributed by atoms with Crippen molar-refractivity contribution >= 4 is 29.2 Å². The van der Waals surface area contributed by atoms with Gasteiger partial charge in [-0.2, -0.15) is 0 Å². The third-order valence-electron chi connectivity index (χ3n) is 2.14. The van der Waals surface area contributed by atoms with Gasteiger partial charge in [0.2, 0.25) is 0 Å². The van der Waals surface area contributed by atoms with Gasteiger partial charge in [0.1, 0.15) is 11.5 Å². The lowest BCUT2D eigenvalue weighted by Gasteiger charge is -2.08. The summed E-state index contributed by atoms with van der Waals surface area (Å²) < 4.78 is 5.47. The maximum atomic E-state index is 10.7. The van der Waals surface area contributed by atoms with Gasteiger partial charge in [-0.25, -0.2) is 0 Å². The van der Waals surface area contributed by atoms with Crippen LogP contribution in [0, 0.1) is 0 Å². The van der Waals surface area contributed by atoms with E-state index in [9.17, 15) is 9.90 Å². The lowest BCUT2D eigenvalue weighted by atomic mass is 10.2. The van der Waals surface area contributed by atoms with Crippen LogP contribution in [0.1, 0.15) is 10.4 Å². The Balaban J connectivity index is 2.28. The van der Waals surface area contributed by atoms with Crippen LogP contribution in [-0.4, -0.2) is 5.97 Å². The van der Waals surface area contributed by atoms with Crippen LogP contribution in [0.2, 0.25) is 10.0 Å². The van der Waals surface area contributed by atoms with Crippen LogP contribution in [0.5, 0.6) is 11.5 Å². The molecule has 0 atom stereocenters. The van der Waals surface area contributed by atoms with E-state index >= 15 is 0 Å². The van der Waals surface area contributed by atoms with Gasteiger partial charge in [-0.3, -0.25) is 0 Å². The van der Waals surface area contributed by atoms with E-state index in [0.717, 1.165) is 0 Å². The minimum Gasteiger partial charge on any atom is -0.545 e. The highest BCUT2D eigenvalue weighted by Crippen LogP contribution is 2.28. The molecule has 0 heterocycles. The van der Waals surface area contributed by atoms with E-state index in [2.05, 4.69) is 0 Å². The second-order valence-corrected chi connectivity index (χ2v) is 4.40. The van der Waals surface area contributed by atoms with E-state index in [4.69, 9.17) is 27.9 Å². The highest BCUT2D eigenvalue weighted by molar-refractivity contribution is 6.34. The van der Waals surface area contributed by atoms with Crippen LogP contribution in [0.3, 0.4) is 0 Å². The van der Waals surface area contributed by atoms with E-state index in [1.807, 2.05) is 0 Å². The minimum atomic E-state index is -1.26. The molecule has 0 radical (unpaired) electrons. The van der Waals surface area contributed by atoms with E-state index in [1.54, 1.807) is 30.3 Å². The fourth-order valence-corrected chi connectivity index (χ4v) is 1.92. The Labute approximate surface area is 114 Å². The third kappa shape index (κ3) is 3.15. The number of ether oxygens (including phenoxy) is 1. The molecule has 0 amide bonds. The molecule has 0 aliphatic heterocycles. The van der Waals surface area contributed by atoms with Gasteiger partial charge in [-0.15, -0.1) is 0 Å². The number of rotatable bonds is 3. The van der Waals surface area contributed by atoms with Gasteiger partial charge < -0.3 is 14.6 Å². The van der Waals surface area contributed by atoms with Crippen LogP contribution in [0.15, 0.2) is 42.5 Å². The van der Waals surface area contributed by atoms with Crippen molar-refractivity contribution in [1.82, 2.24) is 0 Å². The van der Waals surface area contributed by atoms with Crippen LogP contribution in [-0.2, 0) is 0 Å². The smallest absolute Gasteiger partial charge is 0.130 e. The summed E-state index contributed by atoms with van der Waals surface area (Å²) in [5.74, 6) is -0.456. The van der Waals surface area contributed by atoms with Gasteiger partial charge in [0.25, 0.3) is 0 Å². The zero-order chi connectivity index (χ0) is 13.1. The summed E-state index contributed by atoms with van der Waals surface area (Å²) in [6.07, 6.45) is 0. The molecule has 0 aliphatic carbocycles. The molecule has 0 spiro atoms. The molecule has 0 fully saturated rings. The monoisotopic (exact) mass is 281 g/mol. The molecule has 0 bridgehead atoms. The van der Waals surface area contributed by atoms with E-state index in [1.165, 1.54) is 12.1 Å². The normalized spacial score (nSPS) is 10.1. The molecule has 0 unspecified atom stereocenters. The first kappa shape index (κ1) is 12.7. The number of carbonyl (C=O) groups excluding carboxylic acids is 1. The predicted octanol–water partition coefficient (Wildman–Crippen LogP) is 3.15. The third-order valence-corrected chi connectivity index (χ3v) is 2.58. The van der Waals surface area contributed by atoms with E-state index in [0.29, 0.717) is 21.5 Å². The first-order chi connectivity index (χ1) is 8.54. The number of carboxylic acid groups (broad SMARTS) is 1. The molecule has 0 N–H and O–H groups in total. The number of benzene rings is 2. The summed E-state index contributed by atoms with van der Waals surface area (Å²) in [6.45, 7) is 0. The quantitative estimate of drug-likeness (QED) is 0.868. The average Bonchev–Trinajstić information content (AvgIpc) is 2.27. The standard InChI is InChI=1S/C13H8Cl2O3/c14-9-5-10(15)7-12(6-9)18-11-3-1-2-8(4-11)13(16)17/h1-7H,(H,16,17)/p-1.